The summed E-state index contributed by atoms with van der Waals surface area (Å²) in [6.07, 6.45) is 8.49. The number of terminal acetylenes is 1. The molecule has 1 N–H and O–H groups in total. The molecule has 1 aliphatic rings. The molecular weight excluding hydrogens is 210 g/mol. The SMILES string of the molecule is C#Cc1cccc(CC2(OC)CCNCC2)c1. The Bertz CT molecular complexity index is 413. The van der Waals surface area contributed by atoms with Crippen molar-refractivity contribution >= 4 is 0 Å². The van der Waals surface area contributed by atoms with Crippen molar-refractivity contribution in [2.75, 3.05) is 20.2 Å². The normalized spacial score (nSPS) is 18.6. The highest BCUT2D eigenvalue weighted by Gasteiger charge is 2.31. The lowest BCUT2D eigenvalue weighted by atomic mass is 9.85. The molecule has 2 heteroatoms. The molecule has 0 spiro atoms. The van der Waals surface area contributed by atoms with Crippen LogP contribution in [0.1, 0.15) is 24.0 Å². The van der Waals surface area contributed by atoms with E-state index in [9.17, 15) is 0 Å². The third-order valence-corrected chi connectivity index (χ3v) is 3.57. The second kappa shape index (κ2) is 5.35. The van der Waals surface area contributed by atoms with Gasteiger partial charge in [0.15, 0.2) is 0 Å². The van der Waals surface area contributed by atoms with Crippen molar-refractivity contribution in [2.45, 2.75) is 24.9 Å². The van der Waals surface area contributed by atoms with Gasteiger partial charge in [0.2, 0.25) is 0 Å². The molecule has 0 amide bonds. The van der Waals surface area contributed by atoms with Crippen LogP contribution in [-0.2, 0) is 11.2 Å². The van der Waals surface area contributed by atoms with Crippen molar-refractivity contribution < 1.29 is 4.74 Å². The number of hydrogen-bond donors (Lipinski definition) is 1. The second-order valence-electron chi connectivity index (χ2n) is 4.66. The summed E-state index contributed by atoms with van der Waals surface area (Å²) < 4.78 is 5.76. The molecule has 0 aromatic heterocycles. The van der Waals surface area contributed by atoms with E-state index in [1.807, 2.05) is 19.2 Å². The van der Waals surface area contributed by atoms with Gasteiger partial charge in [0, 0.05) is 19.1 Å². The van der Waals surface area contributed by atoms with Gasteiger partial charge in [-0.05, 0) is 43.6 Å². The summed E-state index contributed by atoms with van der Waals surface area (Å²) in [5, 5.41) is 3.37. The summed E-state index contributed by atoms with van der Waals surface area (Å²) >= 11 is 0. The first kappa shape index (κ1) is 12.2. The van der Waals surface area contributed by atoms with E-state index in [1.165, 1.54) is 5.56 Å². The van der Waals surface area contributed by atoms with Gasteiger partial charge in [0.05, 0.1) is 5.60 Å². The molecule has 0 bridgehead atoms. The Labute approximate surface area is 103 Å². The Morgan fingerprint density at radius 2 is 2.18 bits per heavy atom. The highest BCUT2D eigenvalue weighted by atomic mass is 16.5. The van der Waals surface area contributed by atoms with E-state index >= 15 is 0 Å². The zero-order valence-electron chi connectivity index (χ0n) is 10.3. The van der Waals surface area contributed by atoms with Crippen LogP contribution in [0.4, 0.5) is 0 Å². The highest BCUT2D eigenvalue weighted by Crippen LogP contribution is 2.27. The summed E-state index contributed by atoms with van der Waals surface area (Å²) in [4.78, 5) is 0. The molecule has 90 valence electrons. The summed E-state index contributed by atoms with van der Waals surface area (Å²) in [5.74, 6) is 2.68. The minimum absolute atomic E-state index is 0.0154. The van der Waals surface area contributed by atoms with Crippen molar-refractivity contribution in [3.63, 3.8) is 0 Å². The molecule has 1 aromatic carbocycles. The number of hydrogen-bond acceptors (Lipinski definition) is 2. The zero-order chi connectivity index (χ0) is 12.1. The van der Waals surface area contributed by atoms with E-state index in [0.717, 1.165) is 37.9 Å². The summed E-state index contributed by atoms with van der Waals surface area (Å²) in [7, 11) is 1.82. The monoisotopic (exact) mass is 229 g/mol. The lowest BCUT2D eigenvalue weighted by Gasteiger charge is -2.36. The van der Waals surface area contributed by atoms with Crippen molar-refractivity contribution in [3.05, 3.63) is 35.4 Å². The van der Waals surface area contributed by atoms with E-state index in [-0.39, 0.29) is 5.60 Å². The van der Waals surface area contributed by atoms with E-state index < -0.39 is 0 Å². The van der Waals surface area contributed by atoms with Crippen LogP contribution in [0.15, 0.2) is 24.3 Å². The molecule has 2 rings (SSSR count). The minimum atomic E-state index is -0.0154. The molecule has 0 unspecified atom stereocenters. The third kappa shape index (κ3) is 2.88. The smallest absolute Gasteiger partial charge is 0.0743 e. The average molecular weight is 229 g/mol. The summed E-state index contributed by atoms with van der Waals surface area (Å²) in [6, 6.07) is 8.20. The fourth-order valence-electron chi connectivity index (χ4n) is 2.48. The van der Waals surface area contributed by atoms with Gasteiger partial charge in [-0.15, -0.1) is 6.42 Å². The fourth-order valence-corrected chi connectivity index (χ4v) is 2.48. The van der Waals surface area contributed by atoms with Crippen molar-refractivity contribution in [3.8, 4) is 12.3 Å². The van der Waals surface area contributed by atoms with E-state index in [0.29, 0.717) is 0 Å². The summed E-state index contributed by atoms with van der Waals surface area (Å²) in [6.45, 7) is 2.06. The quantitative estimate of drug-likeness (QED) is 0.800. The van der Waals surface area contributed by atoms with Crippen LogP contribution in [0.3, 0.4) is 0 Å². The van der Waals surface area contributed by atoms with Gasteiger partial charge in [-0.2, -0.15) is 0 Å². The molecule has 1 saturated heterocycles. The Morgan fingerprint density at radius 1 is 1.41 bits per heavy atom. The van der Waals surface area contributed by atoms with Gasteiger partial charge >= 0.3 is 0 Å². The van der Waals surface area contributed by atoms with Crippen molar-refractivity contribution in [2.24, 2.45) is 0 Å². The number of piperidine rings is 1. The second-order valence-corrected chi connectivity index (χ2v) is 4.66. The van der Waals surface area contributed by atoms with Crippen LogP contribution in [0, 0.1) is 12.3 Å². The first-order chi connectivity index (χ1) is 8.28. The predicted octanol–water partition coefficient (Wildman–Crippen LogP) is 1.98. The number of nitrogens with one attached hydrogen (secondary N) is 1. The Kier molecular flexibility index (Phi) is 3.83. The van der Waals surface area contributed by atoms with Gasteiger partial charge in [-0.25, -0.2) is 0 Å². The van der Waals surface area contributed by atoms with Gasteiger partial charge in [-0.1, -0.05) is 18.1 Å². The number of benzene rings is 1. The van der Waals surface area contributed by atoms with Crippen LogP contribution in [-0.4, -0.2) is 25.8 Å². The van der Waals surface area contributed by atoms with Crippen LogP contribution in [0.5, 0.6) is 0 Å². The first-order valence-electron chi connectivity index (χ1n) is 6.09. The van der Waals surface area contributed by atoms with E-state index in [2.05, 4.69) is 23.4 Å². The topological polar surface area (TPSA) is 21.3 Å². The average Bonchev–Trinajstić information content (AvgIpc) is 2.40. The van der Waals surface area contributed by atoms with Crippen molar-refractivity contribution in [1.29, 1.82) is 0 Å². The predicted molar refractivity (Wildman–Crippen MR) is 69.9 cm³/mol. The first-order valence-corrected chi connectivity index (χ1v) is 6.09. The molecule has 0 atom stereocenters. The van der Waals surface area contributed by atoms with Crippen LogP contribution >= 0.6 is 0 Å². The Hall–Kier alpha value is -1.30. The number of rotatable bonds is 3. The van der Waals surface area contributed by atoms with Crippen LogP contribution in [0.2, 0.25) is 0 Å². The van der Waals surface area contributed by atoms with Gasteiger partial charge in [-0.3, -0.25) is 0 Å². The molecule has 0 saturated carbocycles. The number of methoxy groups -OCH3 is 1. The maximum absolute atomic E-state index is 5.76. The van der Waals surface area contributed by atoms with Gasteiger partial charge in [0.1, 0.15) is 0 Å². The molecule has 0 aliphatic carbocycles. The van der Waals surface area contributed by atoms with E-state index in [1.54, 1.807) is 0 Å². The lowest BCUT2D eigenvalue weighted by Crippen LogP contribution is -2.44. The fraction of sp³-hybridized carbons (Fsp3) is 0.467. The van der Waals surface area contributed by atoms with Crippen LogP contribution < -0.4 is 5.32 Å². The molecule has 1 aromatic rings. The molecule has 1 heterocycles. The third-order valence-electron chi connectivity index (χ3n) is 3.57. The van der Waals surface area contributed by atoms with Gasteiger partial charge in [0.25, 0.3) is 0 Å². The Morgan fingerprint density at radius 3 is 2.82 bits per heavy atom. The molecule has 1 aliphatic heterocycles. The number of ether oxygens (including phenoxy) is 1. The van der Waals surface area contributed by atoms with E-state index in [4.69, 9.17) is 11.2 Å². The molecule has 17 heavy (non-hydrogen) atoms. The lowest BCUT2D eigenvalue weighted by molar-refractivity contribution is -0.0333. The van der Waals surface area contributed by atoms with Gasteiger partial charge < -0.3 is 10.1 Å². The highest BCUT2D eigenvalue weighted by molar-refractivity contribution is 5.35. The zero-order valence-corrected chi connectivity index (χ0v) is 10.3. The maximum atomic E-state index is 5.76. The molecule has 1 fully saturated rings. The van der Waals surface area contributed by atoms with Crippen LogP contribution in [0.25, 0.3) is 0 Å². The van der Waals surface area contributed by atoms with Crippen molar-refractivity contribution in [1.82, 2.24) is 5.32 Å². The largest absolute Gasteiger partial charge is 0.378 e. The standard InChI is InChI=1S/C15H19NO/c1-3-13-5-4-6-14(11-13)12-15(17-2)7-9-16-10-8-15/h1,4-6,11,16H,7-10,12H2,2H3. The molecular formula is C15H19NO. The molecule has 2 nitrogen and oxygen atoms in total. The Balaban J connectivity index is 2.14. The maximum Gasteiger partial charge on any atom is 0.0743 e. The summed E-state index contributed by atoms with van der Waals surface area (Å²) in [5.41, 5.74) is 2.20. The molecule has 0 radical (unpaired) electrons. The minimum Gasteiger partial charge on any atom is -0.378 e.